The fourth-order valence-electron chi connectivity index (χ4n) is 1.35. The van der Waals surface area contributed by atoms with Gasteiger partial charge in [0.15, 0.2) is 0 Å². The highest BCUT2D eigenvalue weighted by atomic mass is 19.3. The van der Waals surface area contributed by atoms with Gasteiger partial charge in [-0.05, 0) is 12.1 Å². The average Bonchev–Trinajstić information content (AvgIpc) is 2.35. The molecular weight excluding hydrogens is 230 g/mol. The van der Waals surface area contributed by atoms with E-state index in [1.807, 2.05) is 0 Å². The first kappa shape index (κ1) is 13.1. The van der Waals surface area contributed by atoms with Crippen molar-refractivity contribution in [3.8, 4) is 0 Å². The lowest BCUT2D eigenvalue weighted by atomic mass is 10.0. The number of rotatable bonds is 4. The van der Waals surface area contributed by atoms with Gasteiger partial charge in [0.25, 0.3) is 6.43 Å². The molecule has 0 aliphatic rings. The van der Waals surface area contributed by atoms with Crippen LogP contribution in [0, 0.1) is 5.41 Å². The molecule has 2 N–H and O–H groups in total. The molecule has 4 nitrogen and oxygen atoms in total. The zero-order valence-electron chi connectivity index (χ0n) is 9.38. The first-order chi connectivity index (χ1) is 8.01. The third-order valence-corrected chi connectivity index (χ3v) is 2.22. The van der Waals surface area contributed by atoms with Crippen LogP contribution in [0.25, 0.3) is 0 Å². The topological polar surface area (TPSA) is 62.2 Å². The second kappa shape index (κ2) is 5.38. The van der Waals surface area contributed by atoms with Crippen molar-refractivity contribution in [2.45, 2.75) is 6.43 Å². The molecule has 0 aliphatic carbocycles. The second-order valence-electron chi connectivity index (χ2n) is 3.22. The Hall–Kier alpha value is -1.98. The molecule has 92 valence electrons. The van der Waals surface area contributed by atoms with Crippen molar-refractivity contribution < 1.29 is 18.3 Å². The monoisotopic (exact) mass is 242 g/mol. The molecule has 0 unspecified atom stereocenters. The predicted molar refractivity (Wildman–Crippen MR) is 60.2 cm³/mol. The second-order valence-corrected chi connectivity index (χ2v) is 3.22. The van der Waals surface area contributed by atoms with E-state index in [1.165, 1.54) is 32.4 Å². The van der Waals surface area contributed by atoms with E-state index in [4.69, 9.17) is 5.41 Å². The molecular formula is C11H12F2N2O2. The van der Waals surface area contributed by atoms with Crippen molar-refractivity contribution in [2.24, 2.45) is 0 Å². The first-order valence-electron chi connectivity index (χ1n) is 4.78. The number of carbonyl (C=O) groups excluding carboxylic acids is 1. The van der Waals surface area contributed by atoms with Gasteiger partial charge in [-0.15, -0.1) is 0 Å². The Morgan fingerprint density at radius 1 is 1.47 bits per heavy atom. The lowest BCUT2D eigenvalue weighted by Crippen LogP contribution is -2.13. The Kier molecular flexibility index (Phi) is 4.14. The summed E-state index contributed by atoms with van der Waals surface area (Å²) >= 11 is 0. The Morgan fingerprint density at radius 3 is 2.59 bits per heavy atom. The van der Waals surface area contributed by atoms with Crippen LogP contribution < -0.4 is 5.32 Å². The molecule has 0 fully saturated rings. The van der Waals surface area contributed by atoms with E-state index in [2.05, 4.69) is 10.1 Å². The Morgan fingerprint density at radius 2 is 2.12 bits per heavy atom. The maximum Gasteiger partial charge on any atom is 0.337 e. The zero-order chi connectivity index (χ0) is 13.0. The van der Waals surface area contributed by atoms with Crippen LogP contribution in [0.15, 0.2) is 18.2 Å². The van der Waals surface area contributed by atoms with Gasteiger partial charge in [0.1, 0.15) is 5.71 Å². The normalized spacial score (nSPS) is 10.2. The number of methoxy groups -OCH3 is 1. The largest absolute Gasteiger partial charge is 0.465 e. The van der Waals surface area contributed by atoms with Crippen LogP contribution in [0.4, 0.5) is 14.5 Å². The predicted octanol–water partition coefficient (Wildman–Crippen LogP) is 2.15. The summed E-state index contributed by atoms with van der Waals surface area (Å²) in [7, 11) is 2.76. The summed E-state index contributed by atoms with van der Waals surface area (Å²) in [4.78, 5) is 11.2. The average molecular weight is 242 g/mol. The van der Waals surface area contributed by atoms with Gasteiger partial charge < -0.3 is 10.1 Å². The summed E-state index contributed by atoms with van der Waals surface area (Å²) in [5.74, 6) is -0.559. The standard InChI is InChI=1S/C11H12F2N2O2/c1-15-8-5-6(11(16)17-2)3-4-7(8)9(14)10(12)13/h3-5,10,14-15H,1-2H3. The van der Waals surface area contributed by atoms with Crippen LogP contribution in [0.1, 0.15) is 15.9 Å². The van der Waals surface area contributed by atoms with Crippen LogP contribution in [0.2, 0.25) is 0 Å². The van der Waals surface area contributed by atoms with Gasteiger partial charge in [-0.2, -0.15) is 0 Å². The lowest BCUT2D eigenvalue weighted by Gasteiger charge is -2.11. The van der Waals surface area contributed by atoms with Crippen molar-refractivity contribution in [1.29, 1.82) is 5.41 Å². The van der Waals surface area contributed by atoms with E-state index in [1.54, 1.807) is 0 Å². The summed E-state index contributed by atoms with van der Waals surface area (Å²) in [5.41, 5.74) is -0.193. The summed E-state index contributed by atoms with van der Waals surface area (Å²) < 4.78 is 29.3. The quantitative estimate of drug-likeness (QED) is 0.628. The fraction of sp³-hybridized carbons (Fsp3) is 0.273. The summed E-state index contributed by atoms with van der Waals surface area (Å²) in [5, 5.41) is 9.91. The smallest absolute Gasteiger partial charge is 0.337 e. The molecule has 0 aliphatic heterocycles. The number of alkyl halides is 2. The van der Waals surface area contributed by atoms with Crippen LogP contribution in [-0.2, 0) is 4.74 Å². The zero-order valence-corrected chi connectivity index (χ0v) is 9.38. The van der Waals surface area contributed by atoms with Crippen LogP contribution in [-0.4, -0.2) is 32.3 Å². The number of carbonyl (C=O) groups is 1. The van der Waals surface area contributed by atoms with Crippen molar-refractivity contribution in [3.63, 3.8) is 0 Å². The molecule has 0 spiro atoms. The van der Waals surface area contributed by atoms with Gasteiger partial charge in [-0.3, -0.25) is 5.41 Å². The van der Waals surface area contributed by atoms with E-state index in [9.17, 15) is 13.6 Å². The molecule has 0 heterocycles. The molecule has 0 atom stereocenters. The minimum Gasteiger partial charge on any atom is -0.465 e. The molecule has 17 heavy (non-hydrogen) atoms. The fourth-order valence-corrected chi connectivity index (χ4v) is 1.35. The number of benzene rings is 1. The van der Waals surface area contributed by atoms with E-state index in [-0.39, 0.29) is 11.1 Å². The molecule has 0 saturated heterocycles. The van der Waals surface area contributed by atoms with E-state index < -0.39 is 18.1 Å². The molecule has 0 bridgehead atoms. The third kappa shape index (κ3) is 2.77. The molecule has 0 saturated carbocycles. The van der Waals surface area contributed by atoms with E-state index in [0.717, 1.165) is 0 Å². The summed E-state index contributed by atoms with van der Waals surface area (Å²) in [6.07, 6.45) is -2.86. The first-order valence-corrected chi connectivity index (χ1v) is 4.78. The minimum atomic E-state index is -2.86. The number of nitrogens with one attached hydrogen (secondary N) is 2. The van der Waals surface area contributed by atoms with Gasteiger partial charge in [0.2, 0.25) is 0 Å². The Labute approximate surface area is 97.1 Å². The number of hydrogen-bond donors (Lipinski definition) is 2. The highest BCUT2D eigenvalue weighted by Crippen LogP contribution is 2.20. The van der Waals surface area contributed by atoms with Crippen molar-refractivity contribution in [1.82, 2.24) is 0 Å². The molecule has 0 aromatic heterocycles. The van der Waals surface area contributed by atoms with Crippen molar-refractivity contribution in [3.05, 3.63) is 29.3 Å². The van der Waals surface area contributed by atoms with E-state index in [0.29, 0.717) is 5.69 Å². The Balaban J connectivity index is 3.18. The molecule has 0 radical (unpaired) electrons. The molecule has 6 heteroatoms. The maximum atomic E-state index is 12.4. The summed E-state index contributed by atoms with van der Waals surface area (Å²) in [6.45, 7) is 0. The van der Waals surface area contributed by atoms with Crippen LogP contribution >= 0.6 is 0 Å². The maximum absolute atomic E-state index is 12.4. The Bertz CT molecular complexity index is 447. The SMILES string of the molecule is CNc1cc(C(=O)OC)ccc1C(=N)C(F)F. The molecule has 1 aromatic carbocycles. The number of anilines is 1. The lowest BCUT2D eigenvalue weighted by molar-refractivity contribution is 0.0601. The third-order valence-electron chi connectivity index (χ3n) is 2.22. The van der Waals surface area contributed by atoms with Gasteiger partial charge in [0.05, 0.1) is 12.7 Å². The number of ether oxygens (including phenoxy) is 1. The van der Waals surface area contributed by atoms with Crippen molar-refractivity contribution in [2.75, 3.05) is 19.5 Å². The van der Waals surface area contributed by atoms with Crippen LogP contribution in [0.5, 0.6) is 0 Å². The van der Waals surface area contributed by atoms with Gasteiger partial charge in [-0.25, -0.2) is 13.6 Å². The number of esters is 1. The van der Waals surface area contributed by atoms with Crippen LogP contribution in [0.3, 0.4) is 0 Å². The molecule has 1 rings (SSSR count). The van der Waals surface area contributed by atoms with Crippen molar-refractivity contribution >= 4 is 17.4 Å². The van der Waals surface area contributed by atoms with Gasteiger partial charge in [-0.1, -0.05) is 6.07 Å². The van der Waals surface area contributed by atoms with E-state index >= 15 is 0 Å². The molecule has 0 amide bonds. The van der Waals surface area contributed by atoms with Gasteiger partial charge in [0, 0.05) is 18.3 Å². The highest BCUT2D eigenvalue weighted by molar-refractivity contribution is 6.06. The minimum absolute atomic E-state index is 0.0650. The van der Waals surface area contributed by atoms with Gasteiger partial charge >= 0.3 is 5.97 Å². The highest BCUT2D eigenvalue weighted by Gasteiger charge is 2.18. The number of halogens is 2. The molecule has 1 aromatic rings. The number of hydrogen-bond acceptors (Lipinski definition) is 4. The summed E-state index contributed by atoms with van der Waals surface area (Å²) in [6, 6.07) is 4.02.